The van der Waals surface area contributed by atoms with Crippen LogP contribution in [0.15, 0.2) is 28.6 Å². The van der Waals surface area contributed by atoms with E-state index < -0.39 is 0 Å². The maximum Gasteiger partial charge on any atom is 0.226 e. The van der Waals surface area contributed by atoms with Crippen LogP contribution in [0.2, 0.25) is 5.02 Å². The molecule has 0 aliphatic heterocycles. The number of anilines is 1. The van der Waals surface area contributed by atoms with Crippen LogP contribution in [0.1, 0.15) is 44.1 Å². The van der Waals surface area contributed by atoms with Crippen LogP contribution in [-0.4, -0.2) is 16.1 Å². The molecule has 128 valence electrons. The third-order valence-electron chi connectivity index (χ3n) is 4.18. The summed E-state index contributed by atoms with van der Waals surface area (Å²) in [5, 5.41) is 12.4. The van der Waals surface area contributed by atoms with E-state index in [1.807, 2.05) is 24.3 Å². The van der Waals surface area contributed by atoms with Crippen LogP contribution >= 0.6 is 34.7 Å². The van der Waals surface area contributed by atoms with Gasteiger partial charge in [0.2, 0.25) is 11.0 Å². The first kappa shape index (κ1) is 17.7. The van der Waals surface area contributed by atoms with Crippen molar-refractivity contribution >= 4 is 45.7 Å². The second kappa shape index (κ2) is 8.83. The lowest BCUT2D eigenvalue weighted by Crippen LogP contribution is -2.12. The van der Waals surface area contributed by atoms with Crippen molar-refractivity contribution in [3.8, 4) is 0 Å². The molecule has 0 radical (unpaired) electrons. The number of rotatable bonds is 7. The van der Waals surface area contributed by atoms with Crippen molar-refractivity contribution in [1.29, 1.82) is 0 Å². The lowest BCUT2D eigenvalue weighted by atomic mass is 10.0. The summed E-state index contributed by atoms with van der Waals surface area (Å²) in [5.41, 5.74) is 1.18. The first-order chi connectivity index (χ1) is 11.7. The first-order valence-corrected chi connectivity index (χ1v) is 10.4. The van der Waals surface area contributed by atoms with Crippen molar-refractivity contribution in [3.05, 3.63) is 34.9 Å². The third kappa shape index (κ3) is 5.46. The Morgan fingerprint density at radius 3 is 2.75 bits per heavy atom. The molecule has 1 N–H and O–H groups in total. The Balaban J connectivity index is 1.42. The molecule has 2 aromatic rings. The fourth-order valence-electron chi connectivity index (χ4n) is 2.86. The SMILES string of the molecule is O=C(CCC1CCCC1)Nc1nnc(SCc2ccc(Cl)cc2)s1. The second-order valence-corrected chi connectivity index (χ2v) is 8.66. The predicted molar refractivity (Wildman–Crippen MR) is 101 cm³/mol. The first-order valence-electron chi connectivity index (χ1n) is 8.19. The largest absolute Gasteiger partial charge is 0.301 e. The average Bonchev–Trinajstić information content (AvgIpc) is 3.24. The normalized spacial score (nSPS) is 14.9. The second-order valence-electron chi connectivity index (χ2n) is 6.03. The van der Waals surface area contributed by atoms with E-state index in [2.05, 4.69) is 15.5 Å². The number of carbonyl (C=O) groups is 1. The molecule has 0 atom stereocenters. The fourth-order valence-corrected chi connectivity index (χ4v) is 4.71. The summed E-state index contributed by atoms with van der Waals surface area (Å²) < 4.78 is 0.857. The third-order valence-corrected chi connectivity index (χ3v) is 6.48. The van der Waals surface area contributed by atoms with Gasteiger partial charge >= 0.3 is 0 Å². The van der Waals surface area contributed by atoms with Crippen LogP contribution < -0.4 is 5.32 Å². The molecule has 1 fully saturated rings. The summed E-state index contributed by atoms with van der Waals surface area (Å²) in [6.07, 6.45) is 6.75. The van der Waals surface area contributed by atoms with Crippen LogP contribution in [0.25, 0.3) is 0 Å². The summed E-state index contributed by atoms with van der Waals surface area (Å²) in [7, 11) is 0. The summed E-state index contributed by atoms with van der Waals surface area (Å²) in [5.74, 6) is 1.59. The Morgan fingerprint density at radius 2 is 2.00 bits per heavy atom. The van der Waals surface area contributed by atoms with Crippen molar-refractivity contribution in [2.24, 2.45) is 5.92 Å². The Bertz CT molecular complexity index is 669. The van der Waals surface area contributed by atoms with E-state index in [1.54, 1.807) is 11.8 Å². The van der Waals surface area contributed by atoms with Gasteiger partial charge in [-0.1, -0.05) is 72.5 Å². The highest BCUT2D eigenvalue weighted by atomic mass is 35.5. The molecule has 0 saturated heterocycles. The van der Waals surface area contributed by atoms with Gasteiger partial charge in [-0.15, -0.1) is 10.2 Å². The van der Waals surface area contributed by atoms with Gasteiger partial charge in [0.05, 0.1) is 0 Å². The number of thioether (sulfide) groups is 1. The minimum absolute atomic E-state index is 0.0484. The predicted octanol–water partition coefficient (Wildman–Crippen LogP) is 5.39. The van der Waals surface area contributed by atoms with Crippen LogP contribution in [-0.2, 0) is 10.5 Å². The van der Waals surface area contributed by atoms with Crippen molar-refractivity contribution in [1.82, 2.24) is 10.2 Å². The van der Waals surface area contributed by atoms with E-state index in [9.17, 15) is 4.79 Å². The van der Waals surface area contributed by atoms with Gasteiger partial charge in [-0.2, -0.15) is 0 Å². The number of amides is 1. The molecule has 1 aromatic carbocycles. The average molecular weight is 382 g/mol. The molecule has 0 unspecified atom stereocenters. The maximum absolute atomic E-state index is 12.0. The minimum Gasteiger partial charge on any atom is -0.301 e. The summed E-state index contributed by atoms with van der Waals surface area (Å²) >= 11 is 8.92. The summed E-state index contributed by atoms with van der Waals surface area (Å²) in [4.78, 5) is 12.0. The van der Waals surface area contributed by atoms with Gasteiger partial charge < -0.3 is 5.32 Å². The molecule has 1 aliphatic rings. The topological polar surface area (TPSA) is 54.9 Å². The van der Waals surface area contributed by atoms with Gasteiger partial charge in [0, 0.05) is 17.2 Å². The molecule has 0 bridgehead atoms. The van der Waals surface area contributed by atoms with Gasteiger partial charge in [0.15, 0.2) is 4.34 Å². The van der Waals surface area contributed by atoms with Gasteiger partial charge in [0.1, 0.15) is 0 Å². The minimum atomic E-state index is 0.0484. The molecule has 1 aliphatic carbocycles. The van der Waals surface area contributed by atoms with Crippen molar-refractivity contribution in [2.75, 3.05) is 5.32 Å². The van der Waals surface area contributed by atoms with Gasteiger partial charge in [-0.25, -0.2) is 0 Å². The van der Waals surface area contributed by atoms with E-state index in [0.29, 0.717) is 11.6 Å². The van der Waals surface area contributed by atoms with Gasteiger partial charge in [-0.3, -0.25) is 4.79 Å². The molecule has 1 heterocycles. The van der Waals surface area contributed by atoms with Gasteiger partial charge in [-0.05, 0) is 30.0 Å². The molecule has 4 nitrogen and oxygen atoms in total. The Morgan fingerprint density at radius 1 is 1.25 bits per heavy atom. The lowest BCUT2D eigenvalue weighted by Gasteiger charge is -2.07. The molecular formula is C17H20ClN3OS2. The monoisotopic (exact) mass is 381 g/mol. The van der Waals surface area contributed by atoms with E-state index >= 15 is 0 Å². The van der Waals surface area contributed by atoms with Gasteiger partial charge in [0.25, 0.3) is 0 Å². The number of hydrogen-bond acceptors (Lipinski definition) is 5. The molecule has 7 heteroatoms. The molecule has 3 rings (SSSR count). The number of carbonyl (C=O) groups excluding carboxylic acids is 1. The van der Waals surface area contributed by atoms with Crippen molar-refractivity contribution < 1.29 is 4.79 Å². The van der Waals surface area contributed by atoms with Crippen molar-refractivity contribution in [2.45, 2.75) is 48.6 Å². The summed E-state index contributed by atoms with van der Waals surface area (Å²) in [6, 6.07) is 7.77. The molecular weight excluding hydrogens is 362 g/mol. The van der Waals surface area contributed by atoms with Crippen LogP contribution in [0, 0.1) is 5.92 Å². The standard InChI is InChI=1S/C17H20ClN3OS2/c18-14-8-5-13(6-9-14)11-23-17-21-20-16(24-17)19-15(22)10-7-12-3-1-2-4-12/h5-6,8-9,12H,1-4,7,10-11H2,(H,19,20,22). The number of benzene rings is 1. The summed E-state index contributed by atoms with van der Waals surface area (Å²) in [6.45, 7) is 0. The van der Waals surface area contributed by atoms with Crippen LogP contribution in [0.3, 0.4) is 0 Å². The smallest absolute Gasteiger partial charge is 0.226 e. The molecule has 24 heavy (non-hydrogen) atoms. The maximum atomic E-state index is 12.0. The highest BCUT2D eigenvalue weighted by Crippen LogP contribution is 2.30. The zero-order valence-electron chi connectivity index (χ0n) is 13.3. The molecule has 1 saturated carbocycles. The highest BCUT2D eigenvalue weighted by molar-refractivity contribution is 8.00. The zero-order chi connectivity index (χ0) is 16.8. The van der Waals surface area contributed by atoms with E-state index in [0.717, 1.165) is 27.5 Å². The lowest BCUT2D eigenvalue weighted by molar-refractivity contribution is -0.116. The molecule has 1 amide bonds. The zero-order valence-corrected chi connectivity index (χ0v) is 15.7. The van der Waals surface area contributed by atoms with Crippen LogP contribution in [0.5, 0.6) is 0 Å². The number of aromatic nitrogens is 2. The Kier molecular flexibility index (Phi) is 6.51. The molecule has 1 aromatic heterocycles. The number of halogens is 1. The highest BCUT2D eigenvalue weighted by Gasteiger charge is 2.16. The van der Waals surface area contributed by atoms with Crippen molar-refractivity contribution in [3.63, 3.8) is 0 Å². The van der Waals surface area contributed by atoms with E-state index in [1.165, 1.54) is 42.6 Å². The number of nitrogens with zero attached hydrogens (tertiary/aromatic N) is 2. The molecule has 0 spiro atoms. The Hall–Kier alpha value is -1.11. The Labute approximate surface area is 155 Å². The van der Waals surface area contributed by atoms with E-state index in [4.69, 9.17) is 11.6 Å². The van der Waals surface area contributed by atoms with E-state index in [-0.39, 0.29) is 5.91 Å². The number of nitrogens with one attached hydrogen (secondary N) is 1. The van der Waals surface area contributed by atoms with Crippen LogP contribution in [0.4, 0.5) is 5.13 Å². The fraction of sp³-hybridized carbons (Fsp3) is 0.471. The number of hydrogen-bond donors (Lipinski definition) is 1. The quantitative estimate of drug-likeness (QED) is 0.515.